The predicted molar refractivity (Wildman–Crippen MR) is 88.6 cm³/mol. The SMILES string of the molecule is CCCCCc1cc(O)c2c3c(c(=O)oc2c1)CCC(C)C3. The molecule has 1 aliphatic carbocycles. The molecule has 0 radical (unpaired) electrons. The molecular weight excluding hydrogens is 276 g/mol. The molecule has 22 heavy (non-hydrogen) atoms. The van der Waals surface area contributed by atoms with Gasteiger partial charge in [-0.1, -0.05) is 26.7 Å². The molecule has 2 aromatic rings. The van der Waals surface area contributed by atoms with Gasteiger partial charge >= 0.3 is 5.63 Å². The van der Waals surface area contributed by atoms with E-state index in [2.05, 4.69) is 13.8 Å². The molecule has 0 spiro atoms. The third kappa shape index (κ3) is 2.77. The molecule has 3 nitrogen and oxygen atoms in total. The molecule has 1 atom stereocenters. The van der Waals surface area contributed by atoms with Gasteiger partial charge in [-0.25, -0.2) is 4.79 Å². The van der Waals surface area contributed by atoms with Gasteiger partial charge in [0.05, 0.1) is 5.39 Å². The van der Waals surface area contributed by atoms with Crippen molar-refractivity contribution in [1.29, 1.82) is 0 Å². The minimum absolute atomic E-state index is 0.223. The Morgan fingerprint density at radius 1 is 1.27 bits per heavy atom. The summed E-state index contributed by atoms with van der Waals surface area (Å²) in [6.07, 6.45) is 6.96. The molecule has 0 saturated carbocycles. The largest absolute Gasteiger partial charge is 0.507 e. The summed E-state index contributed by atoms with van der Waals surface area (Å²) < 4.78 is 5.51. The monoisotopic (exact) mass is 300 g/mol. The molecular formula is C19H24O3. The zero-order valence-corrected chi connectivity index (χ0v) is 13.4. The Kier molecular flexibility index (Phi) is 4.23. The molecule has 3 rings (SSSR count). The molecule has 0 bridgehead atoms. The Labute approximate surface area is 131 Å². The number of unbranched alkanes of at least 4 members (excludes halogenated alkanes) is 2. The highest BCUT2D eigenvalue weighted by Gasteiger charge is 2.23. The standard InChI is InChI=1S/C19H24O3/c1-3-4-5-6-13-10-16(20)18-15-9-12(2)7-8-14(15)19(21)22-17(18)11-13/h10-12,20H,3-9H2,1-2H3. The third-order valence-electron chi connectivity index (χ3n) is 4.76. The number of hydrogen-bond acceptors (Lipinski definition) is 3. The van der Waals surface area contributed by atoms with Crippen LogP contribution >= 0.6 is 0 Å². The van der Waals surface area contributed by atoms with Gasteiger partial charge in [-0.3, -0.25) is 0 Å². The topological polar surface area (TPSA) is 50.4 Å². The first kappa shape index (κ1) is 15.1. The Balaban J connectivity index is 2.10. The number of benzene rings is 1. The summed E-state index contributed by atoms with van der Waals surface area (Å²) >= 11 is 0. The highest BCUT2D eigenvalue weighted by Crippen LogP contribution is 2.35. The van der Waals surface area contributed by atoms with Gasteiger partial charge in [0.25, 0.3) is 0 Å². The lowest BCUT2D eigenvalue weighted by Crippen LogP contribution is -2.20. The van der Waals surface area contributed by atoms with Gasteiger partial charge in [0.15, 0.2) is 0 Å². The van der Waals surface area contributed by atoms with Gasteiger partial charge < -0.3 is 9.52 Å². The fourth-order valence-electron chi connectivity index (χ4n) is 3.52. The summed E-state index contributed by atoms with van der Waals surface area (Å²) in [5.74, 6) is 0.805. The number of fused-ring (bicyclic) bond motifs is 3. The van der Waals surface area contributed by atoms with Crippen molar-refractivity contribution in [2.45, 2.75) is 58.8 Å². The second kappa shape index (κ2) is 6.15. The number of phenolic OH excluding ortho intramolecular Hbond substituents is 1. The van der Waals surface area contributed by atoms with Crippen molar-refractivity contribution in [2.75, 3.05) is 0 Å². The summed E-state index contributed by atoms with van der Waals surface area (Å²) in [5, 5.41) is 11.2. The van der Waals surface area contributed by atoms with Crippen molar-refractivity contribution in [1.82, 2.24) is 0 Å². The number of aromatic hydroxyl groups is 1. The number of rotatable bonds is 4. The minimum Gasteiger partial charge on any atom is -0.507 e. The third-order valence-corrected chi connectivity index (χ3v) is 4.76. The predicted octanol–water partition coefficient (Wildman–Crippen LogP) is 4.36. The first-order chi connectivity index (χ1) is 10.6. The fourth-order valence-corrected chi connectivity index (χ4v) is 3.52. The van der Waals surface area contributed by atoms with Gasteiger partial charge in [-0.2, -0.15) is 0 Å². The number of aryl methyl sites for hydroxylation is 1. The van der Waals surface area contributed by atoms with Gasteiger partial charge in [-0.15, -0.1) is 0 Å². The zero-order valence-electron chi connectivity index (χ0n) is 13.4. The minimum atomic E-state index is -0.223. The van der Waals surface area contributed by atoms with E-state index in [-0.39, 0.29) is 11.4 Å². The molecule has 0 amide bonds. The Morgan fingerprint density at radius 3 is 2.86 bits per heavy atom. The van der Waals surface area contributed by atoms with Crippen LogP contribution in [0.2, 0.25) is 0 Å². The molecule has 0 fully saturated rings. The molecule has 1 aromatic carbocycles. The molecule has 118 valence electrons. The lowest BCUT2D eigenvalue weighted by atomic mass is 9.84. The van der Waals surface area contributed by atoms with Crippen LogP contribution in [0.5, 0.6) is 5.75 Å². The van der Waals surface area contributed by atoms with Gasteiger partial charge in [0, 0.05) is 5.56 Å². The number of hydrogen-bond donors (Lipinski definition) is 1. The van der Waals surface area contributed by atoms with Crippen molar-refractivity contribution in [3.8, 4) is 5.75 Å². The van der Waals surface area contributed by atoms with Crippen LogP contribution < -0.4 is 5.63 Å². The van der Waals surface area contributed by atoms with Crippen molar-refractivity contribution < 1.29 is 9.52 Å². The maximum Gasteiger partial charge on any atom is 0.339 e. The van der Waals surface area contributed by atoms with E-state index in [1.54, 1.807) is 0 Å². The van der Waals surface area contributed by atoms with Crippen LogP contribution in [0.1, 0.15) is 56.2 Å². The first-order valence-corrected chi connectivity index (χ1v) is 8.40. The molecule has 1 aromatic heterocycles. The average molecular weight is 300 g/mol. The van der Waals surface area contributed by atoms with Gasteiger partial charge in [0.2, 0.25) is 0 Å². The second-order valence-electron chi connectivity index (χ2n) is 6.64. The summed E-state index contributed by atoms with van der Waals surface area (Å²) in [7, 11) is 0. The molecule has 1 heterocycles. The summed E-state index contributed by atoms with van der Waals surface area (Å²) in [4.78, 5) is 12.2. The average Bonchev–Trinajstić information content (AvgIpc) is 2.46. The van der Waals surface area contributed by atoms with E-state index in [9.17, 15) is 9.90 Å². The van der Waals surface area contributed by atoms with Crippen LogP contribution in [0.3, 0.4) is 0 Å². The lowest BCUT2D eigenvalue weighted by molar-refractivity contribution is 0.460. The zero-order chi connectivity index (χ0) is 15.7. The smallest absolute Gasteiger partial charge is 0.339 e. The van der Waals surface area contributed by atoms with E-state index in [0.29, 0.717) is 11.5 Å². The van der Waals surface area contributed by atoms with Gasteiger partial charge in [-0.05, 0) is 61.3 Å². The van der Waals surface area contributed by atoms with E-state index >= 15 is 0 Å². The highest BCUT2D eigenvalue weighted by atomic mass is 16.4. The van der Waals surface area contributed by atoms with Crippen LogP contribution in [0, 0.1) is 5.92 Å². The van der Waals surface area contributed by atoms with E-state index < -0.39 is 0 Å². The van der Waals surface area contributed by atoms with Crippen molar-refractivity contribution in [2.24, 2.45) is 5.92 Å². The molecule has 1 aliphatic rings. The van der Waals surface area contributed by atoms with E-state index in [1.165, 1.54) is 12.8 Å². The molecule has 1 N–H and O–H groups in total. The molecule has 0 aliphatic heterocycles. The normalized spacial score (nSPS) is 17.6. The molecule has 3 heteroatoms. The van der Waals surface area contributed by atoms with Crippen LogP contribution in [0.15, 0.2) is 21.3 Å². The Bertz CT molecular complexity index is 742. The van der Waals surface area contributed by atoms with Crippen LogP contribution in [0.4, 0.5) is 0 Å². The van der Waals surface area contributed by atoms with Crippen LogP contribution in [-0.2, 0) is 19.3 Å². The van der Waals surface area contributed by atoms with E-state index in [4.69, 9.17) is 4.42 Å². The maximum atomic E-state index is 12.2. The number of phenols is 1. The Hall–Kier alpha value is -1.77. The van der Waals surface area contributed by atoms with Crippen molar-refractivity contribution in [3.63, 3.8) is 0 Å². The summed E-state index contributed by atoms with van der Waals surface area (Å²) in [5.41, 5.74) is 3.14. The fraction of sp³-hybridized carbons (Fsp3) is 0.526. The summed E-state index contributed by atoms with van der Waals surface area (Å²) in [6.45, 7) is 4.36. The first-order valence-electron chi connectivity index (χ1n) is 8.40. The second-order valence-corrected chi connectivity index (χ2v) is 6.64. The van der Waals surface area contributed by atoms with Crippen LogP contribution in [0.25, 0.3) is 11.0 Å². The summed E-state index contributed by atoms with van der Waals surface area (Å²) in [6, 6.07) is 3.78. The van der Waals surface area contributed by atoms with Crippen molar-refractivity contribution >= 4 is 11.0 Å². The van der Waals surface area contributed by atoms with Crippen LogP contribution in [-0.4, -0.2) is 5.11 Å². The highest BCUT2D eigenvalue weighted by molar-refractivity contribution is 5.88. The van der Waals surface area contributed by atoms with Crippen molar-refractivity contribution in [3.05, 3.63) is 39.2 Å². The molecule has 0 saturated heterocycles. The van der Waals surface area contributed by atoms with E-state index in [1.807, 2.05) is 12.1 Å². The quantitative estimate of drug-likeness (QED) is 0.674. The lowest BCUT2D eigenvalue weighted by Gasteiger charge is -2.22. The van der Waals surface area contributed by atoms with Gasteiger partial charge in [0.1, 0.15) is 11.3 Å². The Morgan fingerprint density at radius 2 is 2.09 bits per heavy atom. The maximum absolute atomic E-state index is 12.2. The molecule has 1 unspecified atom stereocenters. The van der Waals surface area contributed by atoms with E-state index in [0.717, 1.165) is 54.2 Å².